The van der Waals surface area contributed by atoms with Gasteiger partial charge in [0.05, 0.1) is 0 Å². The standard InChI is InChI=1S/C11H11IN2O3/c12-7-2-1-3-8(6-7)13-10(17)14-11(4-5-11)9(15)16/h1-3,6H,4-5H2,(H,15,16)(H2,13,14,17). The summed E-state index contributed by atoms with van der Waals surface area (Å²) in [6.45, 7) is 0. The molecule has 0 unspecified atom stereocenters. The van der Waals surface area contributed by atoms with Crippen LogP contribution in [-0.4, -0.2) is 22.6 Å². The third-order valence-electron chi connectivity index (χ3n) is 2.59. The Labute approximate surface area is 112 Å². The summed E-state index contributed by atoms with van der Waals surface area (Å²) in [7, 11) is 0. The van der Waals surface area contributed by atoms with E-state index < -0.39 is 17.5 Å². The van der Waals surface area contributed by atoms with Gasteiger partial charge in [-0.1, -0.05) is 6.07 Å². The molecule has 0 aliphatic heterocycles. The van der Waals surface area contributed by atoms with Crippen LogP contribution < -0.4 is 10.6 Å². The van der Waals surface area contributed by atoms with Crippen LogP contribution >= 0.6 is 22.6 Å². The maximum absolute atomic E-state index is 11.6. The fourth-order valence-electron chi connectivity index (χ4n) is 1.46. The monoisotopic (exact) mass is 346 g/mol. The summed E-state index contributed by atoms with van der Waals surface area (Å²) in [5, 5.41) is 14.0. The van der Waals surface area contributed by atoms with Gasteiger partial charge < -0.3 is 15.7 Å². The number of aliphatic carboxylic acids is 1. The van der Waals surface area contributed by atoms with Gasteiger partial charge >= 0.3 is 12.0 Å². The molecule has 1 aromatic carbocycles. The summed E-state index contributed by atoms with van der Waals surface area (Å²) in [5.41, 5.74) is -0.401. The van der Waals surface area contributed by atoms with E-state index in [4.69, 9.17) is 5.11 Å². The number of urea groups is 1. The largest absolute Gasteiger partial charge is 0.480 e. The van der Waals surface area contributed by atoms with E-state index >= 15 is 0 Å². The Morgan fingerprint density at radius 3 is 2.59 bits per heavy atom. The number of nitrogens with one attached hydrogen (secondary N) is 2. The molecule has 1 saturated carbocycles. The molecule has 0 saturated heterocycles. The SMILES string of the molecule is O=C(Nc1cccc(I)c1)NC1(C(=O)O)CC1. The number of amides is 2. The maximum atomic E-state index is 11.6. The number of halogens is 1. The van der Waals surface area contributed by atoms with Gasteiger partial charge in [0.15, 0.2) is 0 Å². The lowest BCUT2D eigenvalue weighted by Crippen LogP contribution is -2.45. The number of hydrogen-bond donors (Lipinski definition) is 3. The fourth-order valence-corrected chi connectivity index (χ4v) is 2.01. The number of benzene rings is 1. The second kappa shape index (κ2) is 4.52. The second-order valence-electron chi connectivity index (χ2n) is 3.98. The van der Waals surface area contributed by atoms with Crippen molar-refractivity contribution in [3.63, 3.8) is 0 Å². The molecule has 0 aromatic heterocycles. The molecule has 2 amide bonds. The van der Waals surface area contributed by atoms with Crippen molar-refractivity contribution >= 4 is 40.3 Å². The van der Waals surface area contributed by atoms with E-state index in [1.807, 2.05) is 12.1 Å². The molecule has 1 aliphatic carbocycles. The smallest absolute Gasteiger partial charge is 0.329 e. The fraction of sp³-hybridized carbons (Fsp3) is 0.273. The van der Waals surface area contributed by atoms with E-state index in [1.165, 1.54) is 0 Å². The van der Waals surface area contributed by atoms with Gasteiger partial charge in [0.2, 0.25) is 0 Å². The first-order valence-corrected chi connectivity index (χ1v) is 6.18. The summed E-state index contributed by atoms with van der Waals surface area (Å²) in [5.74, 6) is -0.977. The Balaban J connectivity index is 1.96. The molecule has 17 heavy (non-hydrogen) atoms. The van der Waals surface area contributed by atoms with Crippen molar-refractivity contribution in [1.29, 1.82) is 0 Å². The molecule has 6 heteroatoms. The molecule has 0 heterocycles. The van der Waals surface area contributed by atoms with Crippen LogP contribution in [0.1, 0.15) is 12.8 Å². The van der Waals surface area contributed by atoms with Gasteiger partial charge in [0, 0.05) is 9.26 Å². The molecule has 1 fully saturated rings. The quantitative estimate of drug-likeness (QED) is 0.733. The first-order chi connectivity index (χ1) is 8.02. The molecule has 0 radical (unpaired) electrons. The highest BCUT2D eigenvalue weighted by atomic mass is 127. The van der Waals surface area contributed by atoms with E-state index in [-0.39, 0.29) is 0 Å². The van der Waals surface area contributed by atoms with E-state index in [2.05, 4.69) is 33.2 Å². The molecule has 0 spiro atoms. The number of carbonyl (C=O) groups is 2. The summed E-state index contributed by atoms with van der Waals surface area (Å²) in [6, 6.07) is 6.81. The Bertz CT molecular complexity index is 472. The minimum absolute atomic E-state index is 0.480. The van der Waals surface area contributed by atoms with Crippen LogP contribution in [0, 0.1) is 3.57 Å². The van der Waals surface area contributed by atoms with Crippen molar-refractivity contribution in [3.05, 3.63) is 27.8 Å². The summed E-state index contributed by atoms with van der Waals surface area (Å²) < 4.78 is 1.000. The first-order valence-electron chi connectivity index (χ1n) is 5.10. The Morgan fingerprint density at radius 1 is 1.35 bits per heavy atom. The normalized spacial score (nSPS) is 16.1. The molecule has 0 bridgehead atoms. The van der Waals surface area contributed by atoms with Gasteiger partial charge in [-0.3, -0.25) is 0 Å². The van der Waals surface area contributed by atoms with Gasteiger partial charge in [-0.2, -0.15) is 0 Å². The van der Waals surface area contributed by atoms with Gasteiger partial charge in [-0.15, -0.1) is 0 Å². The lowest BCUT2D eigenvalue weighted by Gasteiger charge is -2.13. The van der Waals surface area contributed by atoms with Crippen LogP contribution in [0.3, 0.4) is 0 Å². The third-order valence-corrected chi connectivity index (χ3v) is 3.27. The number of carbonyl (C=O) groups excluding carboxylic acids is 1. The molecular formula is C11H11IN2O3. The van der Waals surface area contributed by atoms with Crippen molar-refractivity contribution < 1.29 is 14.7 Å². The predicted octanol–water partition coefficient (Wildman–Crippen LogP) is 2.03. The van der Waals surface area contributed by atoms with Gasteiger partial charge in [0.25, 0.3) is 0 Å². The van der Waals surface area contributed by atoms with Crippen molar-refractivity contribution in [1.82, 2.24) is 5.32 Å². The van der Waals surface area contributed by atoms with E-state index in [0.717, 1.165) is 3.57 Å². The van der Waals surface area contributed by atoms with E-state index in [0.29, 0.717) is 18.5 Å². The lowest BCUT2D eigenvalue weighted by atomic mass is 10.3. The summed E-state index contributed by atoms with van der Waals surface area (Å²) in [6.07, 6.45) is 0.976. The Kier molecular flexibility index (Phi) is 3.23. The highest BCUT2D eigenvalue weighted by molar-refractivity contribution is 14.1. The van der Waals surface area contributed by atoms with Crippen molar-refractivity contribution in [2.24, 2.45) is 0 Å². The second-order valence-corrected chi connectivity index (χ2v) is 5.22. The molecule has 1 aliphatic rings. The molecule has 0 atom stereocenters. The van der Waals surface area contributed by atoms with Gasteiger partial charge in [-0.25, -0.2) is 9.59 Å². The zero-order valence-corrected chi connectivity index (χ0v) is 11.0. The zero-order valence-electron chi connectivity index (χ0n) is 8.87. The first kappa shape index (κ1) is 12.2. The van der Waals surface area contributed by atoms with Gasteiger partial charge in [0.1, 0.15) is 5.54 Å². The van der Waals surface area contributed by atoms with Crippen LogP contribution in [0.4, 0.5) is 10.5 Å². The molecule has 90 valence electrons. The van der Waals surface area contributed by atoms with Crippen LogP contribution in [-0.2, 0) is 4.79 Å². The van der Waals surface area contributed by atoms with Crippen LogP contribution in [0.2, 0.25) is 0 Å². The number of carboxylic acid groups (broad SMARTS) is 1. The van der Waals surface area contributed by atoms with Crippen molar-refractivity contribution in [2.75, 3.05) is 5.32 Å². The minimum Gasteiger partial charge on any atom is -0.480 e. The number of anilines is 1. The third kappa shape index (κ3) is 2.87. The number of carboxylic acids is 1. The molecule has 2 rings (SSSR count). The average Bonchev–Trinajstić information content (AvgIpc) is 2.98. The predicted molar refractivity (Wildman–Crippen MR) is 70.9 cm³/mol. The van der Waals surface area contributed by atoms with Crippen LogP contribution in [0.15, 0.2) is 24.3 Å². The maximum Gasteiger partial charge on any atom is 0.329 e. The lowest BCUT2D eigenvalue weighted by molar-refractivity contribution is -0.140. The molecule has 5 nitrogen and oxygen atoms in total. The minimum atomic E-state index is -1.05. The van der Waals surface area contributed by atoms with Crippen molar-refractivity contribution in [3.8, 4) is 0 Å². The zero-order chi connectivity index (χ0) is 12.5. The number of hydrogen-bond acceptors (Lipinski definition) is 2. The Hall–Kier alpha value is -1.31. The molecule has 3 N–H and O–H groups in total. The highest BCUT2D eigenvalue weighted by Crippen LogP contribution is 2.35. The van der Waals surface area contributed by atoms with Crippen LogP contribution in [0.5, 0.6) is 0 Å². The molecule has 1 aromatic rings. The van der Waals surface area contributed by atoms with Gasteiger partial charge in [-0.05, 0) is 53.6 Å². The number of rotatable bonds is 3. The summed E-state index contributed by atoms with van der Waals surface area (Å²) >= 11 is 2.14. The van der Waals surface area contributed by atoms with Crippen LogP contribution in [0.25, 0.3) is 0 Å². The topological polar surface area (TPSA) is 78.4 Å². The Morgan fingerprint density at radius 2 is 2.06 bits per heavy atom. The average molecular weight is 346 g/mol. The van der Waals surface area contributed by atoms with E-state index in [9.17, 15) is 9.59 Å². The highest BCUT2D eigenvalue weighted by Gasteiger charge is 2.51. The molecular weight excluding hydrogens is 335 g/mol. The van der Waals surface area contributed by atoms with E-state index in [1.54, 1.807) is 12.1 Å². The van der Waals surface area contributed by atoms with Crippen molar-refractivity contribution in [2.45, 2.75) is 18.4 Å². The summed E-state index contributed by atoms with van der Waals surface area (Å²) in [4.78, 5) is 22.5.